The van der Waals surface area contributed by atoms with E-state index in [0.717, 1.165) is 13.0 Å². The molecule has 1 aliphatic rings. The summed E-state index contributed by atoms with van der Waals surface area (Å²) in [6, 6.07) is 0. The Hall–Kier alpha value is -1.14. The molecule has 0 spiro atoms. The first kappa shape index (κ1) is 14.9. The second-order valence-electron chi connectivity index (χ2n) is 4.35. The molecule has 1 unspecified atom stereocenters. The van der Waals surface area contributed by atoms with Gasteiger partial charge in [-0.25, -0.2) is 0 Å². The zero-order valence-corrected chi connectivity index (χ0v) is 11.0. The van der Waals surface area contributed by atoms with Crippen molar-refractivity contribution in [1.29, 1.82) is 0 Å². The predicted octanol–water partition coefficient (Wildman–Crippen LogP) is -0.603. The summed E-state index contributed by atoms with van der Waals surface area (Å²) in [7, 11) is 0. The second kappa shape index (κ2) is 8.88. The van der Waals surface area contributed by atoms with Crippen molar-refractivity contribution in [3.8, 4) is 0 Å². The maximum Gasteiger partial charge on any atom is 0.222 e. The number of hydrogen-bond donors (Lipinski definition) is 3. The number of carbonyl (C=O) groups is 2. The maximum absolute atomic E-state index is 11.6. The summed E-state index contributed by atoms with van der Waals surface area (Å²) in [4.78, 5) is 22.8. The van der Waals surface area contributed by atoms with E-state index in [1.807, 2.05) is 6.92 Å². The Morgan fingerprint density at radius 3 is 2.72 bits per heavy atom. The molecule has 1 heterocycles. The van der Waals surface area contributed by atoms with Crippen molar-refractivity contribution >= 4 is 11.8 Å². The molecular weight excluding hydrogens is 234 g/mol. The molecule has 3 N–H and O–H groups in total. The van der Waals surface area contributed by atoms with Crippen LogP contribution in [-0.4, -0.2) is 50.7 Å². The molecule has 6 nitrogen and oxygen atoms in total. The quantitative estimate of drug-likeness (QED) is 0.569. The zero-order chi connectivity index (χ0) is 13.2. The lowest BCUT2D eigenvalue weighted by Crippen LogP contribution is -2.41. The molecule has 1 fully saturated rings. The van der Waals surface area contributed by atoms with Crippen molar-refractivity contribution in [2.75, 3.05) is 32.8 Å². The minimum absolute atomic E-state index is 0.0206. The third-order valence-corrected chi connectivity index (χ3v) is 2.66. The summed E-state index contributed by atoms with van der Waals surface area (Å²) in [5, 5.41) is 8.66. The zero-order valence-electron chi connectivity index (χ0n) is 11.0. The van der Waals surface area contributed by atoms with Gasteiger partial charge in [-0.05, 0) is 6.42 Å². The molecular formula is C12H23N3O3. The highest BCUT2D eigenvalue weighted by molar-refractivity contribution is 5.79. The van der Waals surface area contributed by atoms with Gasteiger partial charge in [0.2, 0.25) is 11.8 Å². The average molecular weight is 257 g/mol. The summed E-state index contributed by atoms with van der Waals surface area (Å²) in [5.74, 6) is -0.0836. The third kappa shape index (κ3) is 6.56. The Morgan fingerprint density at radius 2 is 2.06 bits per heavy atom. The van der Waals surface area contributed by atoms with Crippen molar-refractivity contribution < 1.29 is 14.3 Å². The van der Waals surface area contributed by atoms with Crippen LogP contribution in [0.15, 0.2) is 0 Å². The molecule has 104 valence electrons. The summed E-state index contributed by atoms with van der Waals surface area (Å²) in [6.07, 6.45) is 1.55. The monoisotopic (exact) mass is 257 g/mol. The first-order valence-corrected chi connectivity index (χ1v) is 6.58. The minimum Gasteiger partial charge on any atom is -0.375 e. The first-order valence-electron chi connectivity index (χ1n) is 6.58. The van der Waals surface area contributed by atoms with E-state index in [0.29, 0.717) is 39.1 Å². The fourth-order valence-electron chi connectivity index (χ4n) is 1.70. The number of carbonyl (C=O) groups excluding carboxylic acids is 2. The van der Waals surface area contributed by atoms with E-state index in [1.165, 1.54) is 0 Å². The standard InChI is InChI=1S/C12H23N3O3/c1-2-4-14-11(16)3-5-15-12(17)8-10-9-13-6-7-18-10/h10,13H,2-9H2,1H3,(H,14,16)(H,15,17). The fraction of sp³-hybridized carbons (Fsp3) is 0.833. The Bertz CT molecular complexity index is 265. The van der Waals surface area contributed by atoms with Gasteiger partial charge in [-0.1, -0.05) is 6.92 Å². The van der Waals surface area contributed by atoms with Crippen molar-refractivity contribution in [1.82, 2.24) is 16.0 Å². The molecule has 0 bridgehead atoms. The molecule has 0 saturated carbocycles. The first-order chi connectivity index (χ1) is 8.72. The lowest BCUT2D eigenvalue weighted by molar-refractivity contribution is -0.124. The number of hydrogen-bond acceptors (Lipinski definition) is 4. The highest BCUT2D eigenvalue weighted by Gasteiger charge is 2.16. The minimum atomic E-state index is -0.0630. The van der Waals surface area contributed by atoms with Gasteiger partial charge in [0.25, 0.3) is 0 Å². The SMILES string of the molecule is CCCNC(=O)CCNC(=O)CC1CNCCO1. The van der Waals surface area contributed by atoms with Crippen LogP contribution < -0.4 is 16.0 Å². The average Bonchev–Trinajstić information content (AvgIpc) is 2.37. The van der Waals surface area contributed by atoms with Crippen LogP contribution in [0.5, 0.6) is 0 Å². The fourth-order valence-corrected chi connectivity index (χ4v) is 1.70. The van der Waals surface area contributed by atoms with Crippen LogP contribution in [0, 0.1) is 0 Å². The van der Waals surface area contributed by atoms with Gasteiger partial charge in [0.15, 0.2) is 0 Å². The van der Waals surface area contributed by atoms with Gasteiger partial charge < -0.3 is 20.7 Å². The Kier molecular flexibility index (Phi) is 7.36. The van der Waals surface area contributed by atoms with Gasteiger partial charge in [-0.2, -0.15) is 0 Å². The van der Waals surface area contributed by atoms with E-state index in [-0.39, 0.29) is 17.9 Å². The van der Waals surface area contributed by atoms with E-state index >= 15 is 0 Å². The van der Waals surface area contributed by atoms with Crippen molar-refractivity contribution in [2.45, 2.75) is 32.3 Å². The van der Waals surface area contributed by atoms with Crippen molar-refractivity contribution in [3.05, 3.63) is 0 Å². The number of amides is 2. The number of rotatable bonds is 7. The molecule has 0 aromatic carbocycles. The summed E-state index contributed by atoms with van der Waals surface area (Å²) in [5.41, 5.74) is 0. The summed E-state index contributed by atoms with van der Waals surface area (Å²) >= 11 is 0. The Balaban J connectivity index is 2.04. The topological polar surface area (TPSA) is 79.5 Å². The van der Waals surface area contributed by atoms with E-state index < -0.39 is 0 Å². The molecule has 0 aromatic heterocycles. The lowest BCUT2D eigenvalue weighted by atomic mass is 10.2. The summed E-state index contributed by atoms with van der Waals surface area (Å²) < 4.78 is 5.43. The van der Waals surface area contributed by atoms with E-state index in [2.05, 4.69) is 16.0 Å². The molecule has 1 atom stereocenters. The van der Waals surface area contributed by atoms with Crippen LogP contribution in [0.1, 0.15) is 26.2 Å². The highest BCUT2D eigenvalue weighted by atomic mass is 16.5. The molecule has 18 heavy (non-hydrogen) atoms. The molecule has 1 aliphatic heterocycles. The lowest BCUT2D eigenvalue weighted by Gasteiger charge is -2.22. The number of morpholine rings is 1. The maximum atomic E-state index is 11.6. The molecule has 0 aliphatic carbocycles. The van der Waals surface area contributed by atoms with Crippen LogP contribution >= 0.6 is 0 Å². The Labute approximate surface area is 108 Å². The van der Waals surface area contributed by atoms with E-state index in [4.69, 9.17) is 4.74 Å². The predicted molar refractivity (Wildman–Crippen MR) is 68.2 cm³/mol. The number of ether oxygens (including phenoxy) is 1. The van der Waals surface area contributed by atoms with E-state index in [1.54, 1.807) is 0 Å². The smallest absolute Gasteiger partial charge is 0.222 e. The van der Waals surface area contributed by atoms with E-state index in [9.17, 15) is 9.59 Å². The Morgan fingerprint density at radius 1 is 1.28 bits per heavy atom. The van der Waals surface area contributed by atoms with Crippen molar-refractivity contribution in [3.63, 3.8) is 0 Å². The highest BCUT2D eigenvalue weighted by Crippen LogP contribution is 2.00. The van der Waals surface area contributed by atoms with Gasteiger partial charge in [0.1, 0.15) is 0 Å². The largest absolute Gasteiger partial charge is 0.375 e. The van der Waals surface area contributed by atoms with Gasteiger partial charge in [-0.3, -0.25) is 9.59 Å². The summed E-state index contributed by atoms with van der Waals surface area (Å²) in [6.45, 7) is 5.28. The van der Waals surface area contributed by atoms with Crippen LogP contribution in [0.3, 0.4) is 0 Å². The molecule has 6 heteroatoms. The molecule has 0 radical (unpaired) electrons. The van der Waals surface area contributed by atoms with Gasteiger partial charge >= 0.3 is 0 Å². The normalized spacial score (nSPS) is 19.3. The molecule has 0 aromatic rings. The van der Waals surface area contributed by atoms with Crippen LogP contribution in [-0.2, 0) is 14.3 Å². The van der Waals surface area contributed by atoms with Gasteiger partial charge in [0, 0.05) is 32.6 Å². The van der Waals surface area contributed by atoms with Crippen LogP contribution in [0.2, 0.25) is 0 Å². The second-order valence-corrected chi connectivity index (χ2v) is 4.35. The molecule has 1 rings (SSSR count). The number of nitrogens with one attached hydrogen (secondary N) is 3. The van der Waals surface area contributed by atoms with Gasteiger partial charge in [-0.15, -0.1) is 0 Å². The van der Waals surface area contributed by atoms with Gasteiger partial charge in [0.05, 0.1) is 19.1 Å². The van der Waals surface area contributed by atoms with Crippen LogP contribution in [0.25, 0.3) is 0 Å². The molecule has 2 amide bonds. The third-order valence-electron chi connectivity index (χ3n) is 2.66. The van der Waals surface area contributed by atoms with Crippen molar-refractivity contribution in [2.24, 2.45) is 0 Å². The molecule has 1 saturated heterocycles. The van der Waals surface area contributed by atoms with Crippen LogP contribution in [0.4, 0.5) is 0 Å².